The van der Waals surface area contributed by atoms with E-state index in [9.17, 15) is 24.3 Å². The molecule has 5 atom stereocenters. The maximum atomic E-state index is 13.0. The molecule has 7 N–H and O–H groups in total. The number of aromatic nitrogens is 2. The highest BCUT2D eigenvalue weighted by atomic mass is 16.4. The molecule has 190 valence electrons. The minimum absolute atomic E-state index is 0.144. The summed E-state index contributed by atoms with van der Waals surface area (Å²) in [6, 6.07) is 5.00. The van der Waals surface area contributed by atoms with Gasteiger partial charge in [-0.15, -0.1) is 0 Å². The zero-order chi connectivity index (χ0) is 26.0. The number of aliphatic carboxylic acids is 1. The monoisotopic (exact) mass is 486 g/mol. The molecule has 11 nitrogen and oxygen atoms in total. The van der Waals surface area contributed by atoms with Crippen LogP contribution in [0.25, 0.3) is 0 Å². The number of carbonyl (C=O) groups excluding carboxylic acids is 3. The molecule has 1 aromatic heterocycles. The Labute approximate surface area is 204 Å². The molecule has 3 amide bonds. The molecule has 5 unspecified atom stereocenters. The van der Waals surface area contributed by atoms with Gasteiger partial charge in [0.15, 0.2) is 0 Å². The first kappa shape index (κ1) is 27.5. The van der Waals surface area contributed by atoms with Crippen molar-refractivity contribution in [1.82, 2.24) is 25.9 Å². The van der Waals surface area contributed by atoms with E-state index in [1.165, 1.54) is 13.3 Å². The third kappa shape index (κ3) is 8.53. The number of carboxylic acid groups (broad SMARTS) is 1. The summed E-state index contributed by atoms with van der Waals surface area (Å²) < 4.78 is 0. The average Bonchev–Trinajstić information content (AvgIpc) is 3.34. The van der Waals surface area contributed by atoms with Crippen molar-refractivity contribution in [2.75, 3.05) is 0 Å². The highest BCUT2D eigenvalue weighted by Gasteiger charge is 2.31. The van der Waals surface area contributed by atoms with Gasteiger partial charge in [0.2, 0.25) is 17.7 Å². The summed E-state index contributed by atoms with van der Waals surface area (Å²) in [4.78, 5) is 56.7. The van der Waals surface area contributed by atoms with Crippen LogP contribution in [0.3, 0.4) is 0 Å². The van der Waals surface area contributed by atoms with E-state index < -0.39 is 47.9 Å². The molecule has 0 aliphatic heterocycles. The van der Waals surface area contributed by atoms with E-state index in [1.807, 2.05) is 13.0 Å². The van der Waals surface area contributed by atoms with Gasteiger partial charge in [-0.1, -0.05) is 50.6 Å². The Bertz CT molecular complexity index is 982. The normalized spacial score (nSPS) is 15.2. The lowest BCUT2D eigenvalue weighted by Gasteiger charge is -2.25. The van der Waals surface area contributed by atoms with E-state index in [-0.39, 0.29) is 18.8 Å². The van der Waals surface area contributed by atoms with E-state index >= 15 is 0 Å². The van der Waals surface area contributed by atoms with Gasteiger partial charge >= 0.3 is 5.97 Å². The Morgan fingerprint density at radius 1 is 1.00 bits per heavy atom. The molecule has 1 aromatic carbocycles. The fraction of sp³-hybridized carbons (Fsp3) is 0.458. The van der Waals surface area contributed by atoms with Crippen LogP contribution >= 0.6 is 0 Å². The summed E-state index contributed by atoms with van der Waals surface area (Å²) in [6.45, 7) is 5.04. The molecule has 0 aliphatic carbocycles. The maximum Gasteiger partial charge on any atom is 0.326 e. The molecule has 0 fully saturated rings. The second kappa shape index (κ2) is 13.2. The van der Waals surface area contributed by atoms with E-state index in [1.54, 1.807) is 37.4 Å². The van der Waals surface area contributed by atoms with Gasteiger partial charge in [0, 0.05) is 24.7 Å². The van der Waals surface area contributed by atoms with Crippen molar-refractivity contribution >= 4 is 23.7 Å². The van der Waals surface area contributed by atoms with Gasteiger partial charge in [-0.2, -0.15) is 0 Å². The molecule has 1 heterocycles. The van der Waals surface area contributed by atoms with Crippen LogP contribution in [0.1, 0.15) is 38.4 Å². The molecule has 35 heavy (non-hydrogen) atoms. The summed E-state index contributed by atoms with van der Waals surface area (Å²) in [5.41, 5.74) is 7.38. The lowest BCUT2D eigenvalue weighted by Crippen LogP contribution is -2.57. The zero-order valence-electron chi connectivity index (χ0n) is 20.2. The molecule has 2 rings (SSSR count). The topological polar surface area (TPSA) is 179 Å². The first-order valence-corrected chi connectivity index (χ1v) is 11.5. The van der Waals surface area contributed by atoms with Crippen molar-refractivity contribution in [3.63, 3.8) is 0 Å². The minimum atomic E-state index is -1.15. The number of amides is 3. The van der Waals surface area contributed by atoms with Gasteiger partial charge in [0.05, 0.1) is 12.4 Å². The number of nitrogens with zero attached hydrogens (tertiary/aromatic N) is 1. The summed E-state index contributed by atoms with van der Waals surface area (Å²) in [5.74, 6) is -3.21. The van der Waals surface area contributed by atoms with Crippen molar-refractivity contribution in [1.29, 1.82) is 0 Å². The van der Waals surface area contributed by atoms with Crippen LogP contribution in [0.4, 0.5) is 0 Å². The van der Waals surface area contributed by atoms with E-state index in [4.69, 9.17) is 5.73 Å². The van der Waals surface area contributed by atoms with Crippen LogP contribution in [-0.4, -0.2) is 62.9 Å². The number of imidazole rings is 1. The lowest BCUT2D eigenvalue weighted by molar-refractivity contribution is -0.143. The third-order valence-electron chi connectivity index (χ3n) is 5.78. The minimum Gasteiger partial charge on any atom is -0.480 e. The Hall–Kier alpha value is -3.73. The molecular formula is C24H34N6O5. The number of hydrogen-bond acceptors (Lipinski definition) is 6. The van der Waals surface area contributed by atoms with Gasteiger partial charge < -0.3 is 31.8 Å². The van der Waals surface area contributed by atoms with Gasteiger partial charge in [-0.05, 0) is 18.4 Å². The average molecular weight is 487 g/mol. The first-order chi connectivity index (χ1) is 16.6. The second-order valence-electron chi connectivity index (χ2n) is 8.58. The number of nitrogens with two attached hydrogens (primary N) is 1. The van der Waals surface area contributed by atoms with Crippen molar-refractivity contribution in [2.45, 2.75) is 64.2 Å². The predicted molar refractivity (Wildman–Crippen MR) is 129 cm³/mol. The number of nitrogens with one attached hydrogen (secondary N) is 4. The Kier molecular flexibility index (Phi) is 10.4. The standard InChI is InChI=1S/C24H34N6O5/c1-4-14(2)20(24(34)35)30-23(33)19(10-16-8-6-5-7-9-16)29-21(31)15(3)28-22(32)18(25)11-17-12-26-13-27-17/h5-9,12-15,18-20H,4,10-11,25H2,1-3H3,(H,26,27)(H,28,32)(H,29,31)(H,30,33)(H,34,35). The number of benzene rings is 1. The first-order valence-electron chi connectivity index (χ1n) is 11.5. The molecule has 0 spiro atoms. The number of aromatic amines is 1. The third-order valence-corrected chi connectivity index (χ3v) is 5.78. The molecule has 0 aliphatic rings. The lowest BCUT2D eigenvalue weighted by atomic mass is 9.98. The number of hydrogen-bond donors (Lipinski definition) is 6. The van der Waals surface area contributed by atoms with Crippen molar-refractivity contribution in [3.05, 3.63) is 54.1 Å². The Morgan fingerprint density at radius 3 is 2.26 bits per heavy atom. The van der Waals surface area contributed by atoms with Crippen LogP contribution in [0.5, 0.6) is 0 Å². The van der Waals surface area contributed by atoms with E-state index in [0.717, 1.165) is 5.56 Å². The molecule has 0 radical (unpaired) electrons. The number of carbonyl (C=O) groups is 4. The van der Waals surface area contributed by atoms with Crippen LogP contribution < -0.4 is 21.7 Å². The molecular weight excluding hydrogens is 452 g/mol. The SMILES string of the molecule is CCC(C)C(NC(=O)C(Cc1ccccc1)NC(=O)C(C)NC(=O)C(N)Cc1cnc[nH]1)C(=O)O. The highest BCUT2D eigenvalue weighted by Crippen LogP contribution is 2.10. The molecule has 0 saturated heterocycles. The van der Waals surface area contributed by atoms with Gasteiger partial charge in [0.1, 0.15) is 18.1 Å². The van der Waals surface area contributed by atoms with E-state index in [2.05, 4.69) is 25.9 Å². The summed E-state index contributed by atoms with van der Waals surface area (Å²) >= 11 is 0. The van der Waals surface area contributed by atoms with Crippen LogP contribution in [0.2, 0.25) is 0 Å². The Balaban J connectivity index is 2.08. The van der Waals surface area contributed by atoms with Gasteiger partial charge in [-0.3, -0.25) is 14.4 Å². The van der Waals surface area contributed by atoms with Crippen molar-refractivity contribution in [2.24, 2.45) is 11.7 Å². The molecule has 0 saturated carbocycles. The van der Waals surface area contributed by atoms with Crippen LogP contribution in [0.15, 0.2) is 42.9 Å². The van der Waals surface area contributed by atoms with Crippen molar-refractivity contribution < 1.29 is 24.3 Å². The summed E-state index contributed by atoms with van der Waals surface area (Å²) in [6.07, 6.45) is 3.94. The largest absolute Gasteiger partial charge is 0.480 e. The number of rotatable bonds is 13. The van der Waals surface area contributed by atoms with Crippen molar-refractivity contribution in [3.8, 4) is 0 Å². The highest BCUT2D eigenvalue weighted by molar-refractivity contribution is 5.94. The molecule has 0 bridgehead atoms. The fourth-order valence-electron chi connectivity index (χ4n) is 3.40. The van der Waals surface area contributed by atoms with Gasteiger partial charge in [-0.25, -0.2) is 9.78 Å². The number of carboxylic acids is 1. The summed E-state index contributed by atoms with van der Waals surface area (Å²) in [5, 5.41) is 17.3. The quantitative estimate of drug-likeness (QED) is 0.233. The van der Waals surface area contributed by atoms with Crippen LogP contribution in [0, 0.1) is 5.92 Å². The second-order valence-corrected chi connectivity index (χ2v) is 8.58. The zero-order valence-corrected chi connectivity index (χ0v) is 20.2. The maximum absolute atomic E-state index is 13.0. The van der Waals surface area contributed by atoms with E-state index in [0.29, 0.717) is 12.1 Å². The van der Waals surface area contributed by atoms with Crippen LogP contribution in [-0.2, 0) is 32.0 Å². The predicted octanol–water partition coefficient (Wildman–Crippen LogP) is 0.127. The molecule has 11 heteroatoms. The Morgan fingerprint density at radius 2 is 1.69 bits per heavy atom. The molecule has 2 aromatic rings. The number of H-pyrrole nitrogens is 1. The van der Waals surface area contributed by atoms with Gasteiger partial charge in [0.25, 0.3) is 0 Å². The smallest absolute Gasteiger partial charge is 0.326 e. The summed E-state index contributed by atoms with van der Waals surface area (Å²) in [7, 11) is 0. The fourth-order valence-corrected chi connectivity index (χ4v) is 3.40.